The van der Waals surface area contributed by atoms with Gasteiger partial charge >= 0.3 is 12.1 Å². The molecule has 194 valence electrons. The predicted molar refractivity (Wildman–Crippen MR) is 137 cm³/mol. The minimum atomic E-state index is -1.25. The molecule has 8 heteroatoms. The Hall–Kier alpha value is -4.07. The SMILES string of the molecule is COc1ccc([C@H](C)N2C(=O)C3(C=CN(C(=O)OCc4ccccc4)C=C3)[C@@H]2C(=O)OC(C)(C)C)cc1. The van der Waals surface area contributed by atoms with Crippen molar-refractivity contribution in [1.82, 2.24) is 9.80 Å². The average Bonchev–Trinajstić information content (AvgIpc) is 2.89. The fourth-order valence-corrected chi connectivity index (χ4v) is 4.48. The van der Waals surface area contributed by atoms with Crippen LogP contribution in [0.25, 0.3) is 0 Å². The number of likely N-dealkylation sites (tertiary alicyclic amines) is 1. The Morgan fingerprint density at radius 1 is 1.00 bits per heavy atom. The molecule has 2 heterocycles. The van der Waals surface area contributed by atoms with Gasteiger partial charge < -0.3 is 19.1 Å². The summed E-state index contributed by atoms with van der Waals surface area (Å²) in [6, 6.07) is 15.4. The Morgan fingerprint density at radius 2 is 1.62 bits per heavy atom. The van der Waals surface area contributed by atoms with Crippen LogP contribution in [0.2, 0.25) is 0 Å². The number of nitrogens with zero attached hydrogens (tertiary/aromatic N) is 2. The van der Waals surface area contributed by atoms with Crippen LogP contribution in [0, 0.1) is 5.41 Å². The van der Waals surface area contributed by atoms with Gasteiger partial charge in [0, 0.05) is 12.4 Å². The van der Waals surface area contributed by atoms with Crippen LogP contribution in [0.15, 0.2) is 79.1 Å². The Bertz CT molecular complexity index is 1200. The van der Waals surface area contributed by atoms with E-state index in [4.69, 9.17) is 14.2 Å². The predicted octanol–water partition coefficient (Wildman–Crippen LogP) is 4.97. The van der Waals surface area contributed by atoms with Crippen molar-refractivity contribution in [2.75, 3.05) is 7.11 Å². The number of carbonyl (C=O) groups is 3. The molecule has 2 atom stereocenters. The van der Waals surface area contributed by atoms with Crippen LogP contribution in [-0.2, 0) is 25.7 Å². The van der Waals surface area contributed by atoms with Crippen molar-refractivity contribution in [3.63, 3.8) is 0 Å². The first-order valence-corrected chi connectivity index (χ1v) is 12.1. The summed E-state index contributed by atoms with van der Waals surface area (Å²) in [5, 5.41) is 0. The third kappa shape index (κ3) is 5.23. The van der Waals surface area contributed by atoms with E-state index in [2.05, 4.69) is 0 Å². The van der Waals surface area contributed by atoms with E-state index in [-0.39, 0.29) is 12.5 Å². The lowest BCUT2D eigenvalue weighted by Crippen LogP contribution is -2.71. The first-order valence-electron chi connectivity index (χ1n) is 12.1. The highest BCUT2D eigenvalue weighted by molar-refractivity contribution is 6.04. The van der Waals surface area contributed by atoms with Gasteiger partial charge in [-0.25, -0.2) is 9.59 Å². The second-order valence-corrected chi connectivity index (χ2v) is 10.1. The summed E-state index contributed by atoms with van der Waals surface area (Å²) in [4.78, 5) is 42.3. The van der Waals surface area contributed by atoms with Crippen LogP contribution < -0.4 is 4.74 Å². The lowest BCUT2D eigenvalue weighted by molar-refractivity contribution is -0.188. The van der Waals surface area contributed by atoms with Gasteiger partial charge in [0.1, 0.15) is 23.4 Å². The molecule has 2 aromatic rings. The fraction of sp³-hybridized carbons (Fsp3) is 0.345. The van der Waals surface area contributed by atoms with Gasteiger partial charge in [0.2, 0.25) is 5.91 Å². The van der Waals surface area contributed by atoms with Gasteiger partial charge in [-0.2, -0.15) is 0 Å². The number of carbonyl (C=O) groups excluding carboxylic acids is 3. The first kappa shape index (κ1) is 26.0. The lowest BCUT2D eigenvalue weighted by Gasteiger charge is -2.55. The third-order valence-electron chi connectivity index (χ3n) is 6.42. The maximum Gasteiger partial charge on any atom is 0.418 e. The molecule has 0 aliphatic carbocycles. The van der Waals surface area contributed by atoms with Gasteiger partial charge in [0.05, 0.1) is 13.2 Å². The maximum absolute atomic E-state index is 13.6. The van der Waals surface area contributed by atoms with Gasteiger partial charge in [-0.05, 0) is 63.1 Å². The van der Waals surface area contributed by atoms with Crippen LogP contribution in [0.5, 0.6) is 5.75 Å². The van der Waals surface area contributed by atoms with Crippen LogP contribution in [0.1, 0.15) is 44.9 Å². The van der Waals surface area contributed by atoms with E-state index in [1.807, 2.05) is 61.5 Å². The van der Waals surface area contributed by atoms with E-state index < -0.39 is 35.2 Å². The lowest BCUT2D eigenvalue weighted by atomic mass is 9.68. The van der Waals surface area contributed by atoms with Crippen molar-refractivity contribution in [2.45, 2.75) is 52.0 Å². The zero-order chi connectivity index (χ0) is 26.8. The molecule has 1 spiro atoms. The number of β-lactam (4-membered cyclic amide) rings is 1. The van der Waals surface area contributed by atoms with Crippen molar-refractivity contribution in [3.8, 4) is 5.75 Å². The standard InChI is InChI=1S/C29H32N2O6/c1-20(22-11-13-23(35-5)14-12-22)31-24(25(32)37-28(2,3)4)29(26(31)33)15-17-30(18-16-29)27(34)36-19-21-9-7-6-8-10-21/h6-18,20,24H,19H2,1-5H3/t20-,24-/m0/s1. The Balaban J connectivity index is 1.54. The van der Waals surface area contributed by atoms with E-state index in [0.29, 0.717) is 5.75 Å². The van der Waals surface area contributed by atoms with Crippen molar-refractivity contribution in [1.29, 1.82) is 0 Å². The molecule has 0 radical (unpaired) electrons. The molecule has 0 N–H and O–H groups in total. The van der Waals surface area contributed by atoms with Gasteiger partial charge in [0.25, 0.3) is 0 Å². The number of ether oxygens (including phenoxy) is 3. The van der Waals surface area contributed by atoms with Gasteiger partial charge in [-0.1, -0.05) is 42.5 Å². The molecule has 2 aliphatic rings. The van der Waals surface area contributed by atoms with E-state index in [0.717, 1.165) is 11.1 Å². The summed E-state index contributed by atoms with van der Waals surface area (Å²) < 4.78 is 16.3. The Labute approximate surface area is 217 Å². The molecule has 0 unspecified atom stereocenters. The summed E-state index contributed by atoms with van der Waals surface area (Å²) in [5.74, 6) is -0.0678. The molecule has 0 aromatic heterocycles. The summed E-state index contributed by atoms with van der Waals surface area (Å²) in [7, 11) is 1.59. The monoisotopic (exact) mass is 504 g/mol. The Morgan fingerprint density at radius 3 is 2.19 bits per heavy atom. The van der Waals surface area contributed by atoms with Crippen LogP contribution >= 0.6 is 0 Å². The number of rotatable bonds is 6. The molecule has 2 aromatic carbocycles. The van der Waals surface area contributed by atoms with Crippen LogP contribution in [0.3, 0.4) is 0 Å². The molecular formula is C29H32N2O6. The molecule has 37 heavy (non-hydrogen) atoms. The summed E-state index contributed by atoms with van der Waals surface area (Å²) in [6.07, 6.45) is 5.50. The van der Waals surface area contributed by atoms with E-state index in [1.165, 1.54) is 22.2 Å². The maximum atomic E-state index is 13.6. The third-order valence-corrected chi connectivity index (χ3v) is 6.42. The van der Waals surface area contributed by atoms with Gasteiger partial charge in [-0.15, -0.1) is 0 Å². The van der Waals surface area contributed by atoms with Crippen LogP contribution in [0.4, 0.5) is 4.79 Å². The number of amides is 2. The quantitative estimate of drug-likeness (QED) is 0.408. The van der Waals surface area contributed by atoms with Crippen LogP contribution in [-0.4, -0.2) is 46.5 Å². The number of esters is 1. The van der Waals surface area contributed by atoms with E-state index in [9.17, 15) is 14.4 Å². The normalized spacial score (nSPS) is 18.8. The fourth-order valence-electron chi connectivity index (χ4n) is 4.48. The minimum absolute atomic E-state index is 0.121. The summed E-state index contributed by atoms with van der Waals surface area (Å²) in [6.45, 7) is 7.34. The van der Waals surface area contributed by atoms with Crippen molar-refractivity contribution in [3.05, 3.63) is 90.3 Å². The number of benzene rings is 2. The molecule has 1 fully saturated rings. The van der Waals surface area contributed by atoms with Crippen molar-refractivity contribution < 1.29 is 28.6 Å². The highest BCUT2D eigenvalue weighted by Crippen LogP contribution is 2.49. The van der Waals surface area contributed by atoms with E-state index >= 15 is 0 Å². The van der Waals surface area contributed by atoms with E-state index in [1.54, 1.807) is 40.0 Å². The molecule has 1 saturated heterocycles. The molecule has 4 rings (SSSR count). The smallest absolute Gasteiger partial charge is 0.418 e. The van der Waals surface area contributed by atoms with Crippen molar-refractivity contribution in [2.24, 2.45) is 5.41 Å². The molecule has 8 nitrogen and oxygen atoms in total. The largest absolute Gasteiger partial charge is 0.497 e. The summed E-state index contributed by atoms with van der Waals surface area (Å²) >= 11 is 0. The molecular weight excluding hydrogens is 472 g/mol. The Kier molecular flexibility index (Phi) is 7.12. The topological polar surface area (TPSA) is 85.4 Å². The van der Waals surface area contributed by atoms with Crippen molar-refractivity contribution >= 4 is 18.0 Å². The molecule has 0 saturated carbocycles. The highest BCUT2D eigenvalue weighted by Gasteiger charge is 2.64. The highest BCUT2D eigenvalue weighted by atomic mass is 16.6. The van der Waals surface area contributed by atoms with Gasteiger partial charge in [-0.3, -0.25) is 9.69 Å². The zero-order valence-corrected chi connectivity index (χ0v) is 21.7. The molecule has 0 bridgehead atoms. The molecule has 2 amide bonds. The number of hydrogen-bond donors (Lipinski definition) is 0. The summed E-state index contributed by atoms with van der Waals surface area (Å²) in [5.41, 5.74) is -0.271. The number of hydrogen-bond acceptors (Lipinski definition) is 6. The second kappa shape index (κ2) is 10.1. The zero-order valence-electron chi connectivity index (χ0n) is 21.7. The van der Waals surface area contributed by atoms with Gasteiger partial charge in [0.15, 0.2) is 6.04 Å². The first-order chi connectivity index (χ1) is 17.6. The minimum Gasteiger partial charge on any atom is -0.497 e. The second-order valence-electron chi connectivity index (χ2n) is 10.1. The molecule has 2 aliphatic heterocycles. The number of methoxy groups -OCH3 is 1. The average molecular weight is 505 g/mol.